The molecule has 162 valence electrons. The monoisotopic (exact) mass is 439 g/mol. The quantitative estimate of drug-likeness (QED) is 0.442. The second kappa shape index (κ2) is 8.72. The van der Waals surface area contributed by atoms with Gasteiger partial charge < -0.3 is 4.90 Å². The molecule has 1 saturated heterocycles. The van der Waals surface area contributed by atoms with Gasteiger partial charge in [0.15, 0.2) is 5.78 Å². The van der Waals surface area contributed by atoms with Crippen LogP contribution in [0.1, 0.15) is 28.4 Å². The fourth-order valence-corrected chi connectivity index (χ4v) is 4.13. The zero-order valence-electron chi connectivity index (χ0n) is 18.0. The van der Waals surface area contributed by atoms with Crippen LogP contribution in [0.25, 0.3) is 5.69 Å². The summed E-state index contributed by atoms with van der Waals surface area (Å²) in [5, 5.41) is 4.50. The number of aromatic nitrogens is 3. The highest BCUT2D eigenvalue weighted by Crippen LogP contribution is 2.23. The molecule has 0 radical (unpaired) electrons. The van der Waals surface area contributed by atoms with Crippen LogP contribution in [-0.4, -0.2) is 51.2 Å². The van der Waals surface area contributed by atoms with Crippen molar-refractivity contribution in [1.82, 2.24) is 19.2 Å². The minimum Gasteiger partial charge on any atom is -0.367 e. The summed E-state index contributed by atoms with van der Waals surface area (Å²) in [6, 6.07) is 11.0. The molecular formula is C23H26FN5OS. The van der Waals surface area contributed by atoms with Gasteiger partial charge >= 0.3 is 0 Å². The van der Waals surface area contributed by atoms with Gasteiger partial charge in [0, 0.05) is 31.7 Å². The average Bonchev–Trinajstić information content (AvgIpc) is 3.10. The molecule has 2 aromatic carbocycles. The fourth-order valence-electron chi connectivity index (χ4n) is 3.88. The number of rotatable bonds is 5. The molecule has 1 aliphatic rings. The van der Waals surface area contributed by atoms with Crippen LogP contribution in [-0.2, 0) is 6.67 Å². The molecule has 6 nitrogen and oxygen atoms in total. The van der Waals surface area contributed by atoms with Gasteiger partial charge in [0.1, 0.15) is 12.1 Å². The van der Waals surface area contributed by atoms with E-state index in [0.717, 1.165) is 24.3 Å². The first-order valence-electron chi connectivity index (χ1n) is 10.3. The van der Waals surface area contributed by atoms with Crippen LogP contribution in [0.15, 0.2) is 42.7 Å². The molecule has 0 atom stereocenters. The number of ketones is 1. The molecule has 0 amide bonds. The first-order chi connectivity index (χ1) is 14.8. The predicted molar refractivity (Wildman–Crippen MR) is 122 cm³/mol. The van der Waals surface area contributed by atoms with Gasteiger partial charge in [0.05, 0.1) is 18.0 Å². The summed E-state index contributed by atoms with van der Waals surface area (Å²) in [5.74, 6) is -0.483. The molecule has 0 saturated carbocycles. The summed E-state index contributed by atoms with van der Waals surface area (Å²) in [4.78, 5) is 15.7. The van der Waals surface area contributed by atoms with Crippen LogP contribution in [0.2, 0.25) is 0 Å². The Balaban J connectivity index is 1.43. The predicted octanol–water partition coefficient (Wildman–Crippen LogP) is 4.14. The summed E-state index contributed by atoms with van der Waals surface area (Å²) in [6.07, 6.45) is 1.77. The average molecular weight is 440 g/mol. The third-order valence-electron chi connectivity index (χ3n) is 5.76. The van der Waals surface area contributed by atoms with Crippen LogP contribution < -0.4 is 4.90 Å². The molecule has 0 spiro atoms. The standard InChI is InChI=1S/C23H26FN5OS/c1-16-4-5-17(2)22(12-16)28-14-25-29(23(28)31)15-26-8-10-27(11-9-26)21-7-6-19(18(3)30)13-20(21)24/h4-7,12-14H,8-11,15H2,1-3H3. The summed E-state index contributed by atoms with van der Waals surface area (Å²) in [6.45, 7) is 9.10. The van der Waals surface area contributed by atoms with Gasteiger partial charge in [0.25, 0.3) is 0 Å². The first-order valence-corrected chi connectivity index (χ1v) is 10.7. The molecular weight excluding hydrogens is 413 g/mol. The van der Waals surface area contributed by atoms with Crippen molar-refractivity contribution in [3.05, 3.63) is 70.0 Å². The largest absolute Gasteiger partial charge is 0.367 e. The van der Waals surface area contributed by atoms with Gasteiger partial charge in [-0.1, -0.05) is 12.1 Å². The number of carbonyl (C=O) groups is 1. The Hall–Kier alpha value is -2.84. The topological polar surface area (TPSA) is 46.3 Å². The van der Waals surface area contributed by atoms with E-state index >= 15 is 0 Å². The van der Waals surface area contributed by atoms with Gasteiger partial charge in [0.2, 0.25) is 4.77 Å². The number of aryl methyl sites for hydroxylation is 2. The van der Waals surface area contributed by atoms with Gasteiger partial charge in [-0.15, -0.1) is 0 Å². The lowest BCUT2D eigenvalue weighted by Crippen LogP contribution is -2.47. The second-order valence-electron chi connectivity index (χ2n) is 8.04. The lowest BCUT2D eigenvalue weighted by molar-refractivity contribution is 0.101. The van der Waals surface area contributed by atoms with Crippen molar-refractivity contribution in [2.24, 2.45) is 0 Å². The highest BCUT2D eigenvalue weighted by Gasteiger charge is 2.21. The summed E-state index contributed by atoms with van der Waals surface area (Å²) >= 11 is 5.68. The van der Waals surface area contributed by atoms with Crippen LogP contribution >= 0.6 is 12.2 Å². The first kappa shape index (κ1) is 21.4. The molecule has 0 N–H and O–H groups in total. The van der Waals surface area contributed by atoms with Crippen LogP contribution in [0, 0.1) is 24.4 Å². The van der Waals surface area contributed by atoms with E-state index < -0.39 is 0 Å². The van der Waals surface area contributed by atoms with E-state index in [4.69, 9.17) is 12.2 Å². The number of carbonyl (C=O) groups excluding carboxylic acids is 1. The van der Waals surface area contributed by atoms with E-state index in [-0.39, 0.29) is 11.6 Å². The Kier molecular flexibility index (Phi) is 6.02. The van der Waals surface area contributed by atoms with Crippen molar-refractivity contribution >= 4 is 23.7 Å². The van der Waals surface area contributed by atoms with Gasteiger partial charge in [-0.05, 0) is 68.4 Å². The Morgan fingerprint density at radius 1 is 1.06 bits per heavy atom. The Bertz CT molecular complexity index is 1180. The number of Topliss-reactive ketones (excluding diaryl/α,β-unsaturated/α-hetero) is 1. The number of piperazine rings is 1. The van der Waals surface area contributed by atoms with E-state index in [1.165, 1.54) is 18.6 Å². The van der Waals surface area contributed by atoms with E-state index in [9.17, 15) is 9.18 Å². The van der Waals surface area contributed by atoms with Gasteiger partial charge in [-0.2, -0.15) is 5.10 Å². The molecule has 1 aliphatic heterocycles. The Labute approximate surface area is 186 Å². The van der Waals surface area contributed by atoms with Crippen molar-refractivity contribution in [3.8, 4) is 5.69 Å². The Morgan fingerprint density at radius 3 is 2.48 bits per heavy atom. The molecule has 0 unspecified atom stereocenters. The van der Waals surface area contributed by atoms with Crippen molar-refractivity contribution < 1.29 is 9.18 Å². The molecule has 2 heterocycles. The number of anilines is 1. The lowest BCUT2D eigenvalue weighted by Gasteiger charge is -2.36. The third kappa shape index (κ3) is 4.45. The van der Waals surface area contributed by atoms with E-state index in [1.54, 1.807) is 18.5 Å². The SMILES string of the molecule is CC(=O)c1ccc(N2CCN(Cn3ncn(-c4cc(C)ccc4C)c3=S)CC2)c(F)c1. The highest BCUT2D eigenvalue weighted by atomic mass is 32.1. The zero-order valence-corrected chi connectivity index (χ0v) is 18.8. The lowest BCUT2D eigenvalue weighted by atomic mass is 10.1. The fraction of sp³-hybridized carbons (Fsp3) is 0.348. The van der Waals surface area contributed by atoms with E-state index in [0.29, 0.717) is 35.8 Å². The normalized spacial score (nSPS) is 14.8. The van der Waals surface area contributed by atoms with Crippen LogP contribution in [0.5, 0.6) is 0 Å². The maximum Gasteiger partial charge on any atom is 0.203 e. The smallest absolute Gasteiger partial charge is 0.203 e. The van der Waals surface area contributed by atoms with Crippen LogP contribution in [0.4, 0.5) is 10.1 Å². The van der Waals surface area contributed by atoms with Crippen molar-refractivity contribution in [2.45, 2.75) is 27.4 Å². The maximum atomic E-state index is 14.5. The number of halogens is 1. The highest BCUT2D eigenvalue weighted by molar-refractivity contribution is 7.71. The van der Waals surface area contributed by atoms with Crippen molar-refractivity contribution in [2.75, 3.05) is 31.1 Å². The van der Waals surface area contributed by atoms with Crippen LogP contribution in [0.3, 0.4) is 0 Å². The summed E-state index contributed by atoms with van der Waals surface area (Å²) in [7, 11) is 0. The molecule has 3 aromatic rings. The van der Waals surface area contributed by atoms with Crippen molar-refractivity contribution in [1.29, 1.82) is 0 Å². The molecule has 4 rings (SSSR count). The minimum atomic E-state index is -0.351. The molecule has 1 aromatic heterocycles. The molecule has 0 bridgehead atoms. The zero-order chi connectivity index (χ0) is 22.1. The van der Waals surface area contributed by atoms with E-state index in [1.807, 2.05) is 14.1 Å². The molecule has 31 heavy (non-hydrogen) atoms. The number of benzene rings is 2. The second-order valence-corrected chi connectivity index (χ2v) is 8.41. The molecule has 8 heteroatoms. The minimum absolute atomic E-state index is 0.132. The summed E-state index contributed by atoms with van der Waals surface area (Å²) < 4.78 is 18.9. The molecule has 1 fully saturated rings. The van der Waals surface area contributed by atoms with Crippen molar-refractivity contribution in [3.63, 3.8) is 0 Å². The maximum absolute atomic E-state index is 14.5. The molecule has 0 aliphatic carbocycles. The van der Waals surface area contributed by atoms with Gasteiger partial charge in [-0.3, -0.25) is 14.3 Å². The third-order valence-corrected chi connectivity index (χ3v) is 6.17. The summed E-state index contributed by atoms with van der Waals surface area (Å²) in [5.41, 5.74) is 4.31. The number of hydrogen-bond donors (Lipinski definition) is 0. The van der Waals surface area contributed by atoms with E-state index in [2.05, 4.69) is 42.0 Å². The number of nitrogens with zero attached hydrogens (tertiary/aromatic N) is 5. The van der Waals surface area contributed by atoms with Gasteiger partial charge in [-0.25, -0.2) is 9.07 Å². The Morgan fingerprint density at radius 2 is 1.81 bits per heavy atom. The number of hydrogen-bond acceptors (Lipinski definition) is 5.